The van der Waals surface area contributed by atoms with E-state index in [0.29, 0.717) is 6.54 Å². The first kappa shape index (κ1) is 7.21. The predicted molar refractivity (Wildman–Crippen MR) is 38.2 cm³/mol. The van der Waals surface area contributed by atoms with Crippen molar-refractivity contribution in [3.05, 3.63) is 12.2 Å². The van der Waals surface area contributed by atoms with E-state index in [1.165, 1.54) is 0 Å². The molecule has 0 bridgehead atoms. The van der Waals surface area contributed by atoms with Gasteiger partial charge in [0.05, 0.1) is 6.54 Å². The lowest BCUT2D eigenvalue weighted by Gasteiger charge is -2.00. The van der Waals surface area contributed by atoms with Crippen LogP contribution in [0.25, 0.3) is 0 Å². The van der Waals surface area contributed by atoms with E-state index in [9.17, 15) is 0 Å². The van der Waals surface area contributed by atoms with Gasteiger partial charge in [0.25, 0.3) is 0 Å². The highest BCUT2D eigenvalue weighted by Gasteiger charge is 1.97. The van der Waals surface area contributed by atoms with E-state index in [1.54, 1.807) is 6.33 Å². The number of nitrogens with zero attached hydrogens (tertiary/aromatic N) is 3. The minimum Gasteiger partial charge on any atom is -0.324 e. The molecule has 1 heterocycles. The molecule has 0 unspecified atom stereocenters. The largest absolute Gasteiger partial charge is 0.324 e. The van der Waals surface area contributed by atoms with Crippen molar-refractivity contribution in [2.75, 3.05) is 0 Å². The van der Waals surface area contributed by atoms with Crippen LogP contribution in [-0.4, -0.2) is 14.8 Å². The summed E-state index contributed by atoms with van der Waals surface area (Å²) in [6, 6.07) is 0. The summed E-state index contributed by atoms with van der Waals surface area (Å²) in [4.78, 5) is 0. The molecule has 0 aliphatic carbocycles. The Labute approximate surface area is 60.1 Å². The number of aryl methyl sites for hydroxylation is 1. The lowest BCUT2D eigenvalue weighted by atomic mass is 10.4. The highest BCUT2D eigenvalue weighted by Crippen LogP contribution is 1.94. The van der Waals surface area contributed by atoms with Gasteiger partial charge in [-0.05, 0) is 6.42 Å². The standard InChI is InChI=1S/C6H12N4/c1-2-3-10-5-8-9-6(10)4-7/h5H,2-4,7H2,1H3. The van der Waals surface area contributed by atoms with Crippen molar-refractivity contribution < 1.29 is 0 Å². The normalized spacial score (nSPS) is 10.2. The Morgan fingerprint density at radius 3 is 3.10 bits per heavy atom. The Hall–Kier alpha value is -0.900. The van der Waals surface area contributed by atoms with Gasteiger partial charge in [0.15, 0.2) is 0 Å². The molecule has 1 aromatic rings. The van der Waals surface area contributed by atoms with Crippen LogP contribution in [0.2, 0.25) is 0 Å². The third-order valence-electron chi connectivity index (χ3n) is 1.34. The van der Waals surface area contributed by atoms with Gasteiger partial charge in [0.1, 0.15) is 12.2 Å². The highest BCUT2D eigenvalue weighted by atomic mass is 15.3. The summed E-state index contributed by atoms with van der Waals surface area (Å²) in [6.07, 6.45) is 2.80. The molecule has 0 fully saturated rings. The zero-order chi connectivity index (χ0) is 7.40. The van der Waals surface area contributed by atoms with Crippen molar-refractivity contribution in [1.82, 2.24) is 14.8 Å². The lowest BCUT2D eigenvalue weighted by Crippen LogP contribution is -2.07. The molecule has 0 aliphatic heterocycles. The van der Waals surface area contributed by atoms with Gasteiger partial charge in [-0.2, -0.15) is 0 Å². The summed E-state index contributed by atoms with van der Waals surface area (Å²) in [5.74, 6) is 0.863. The molecule has 0 spiro atoms. The monoisotopic (exact) mass is 140 g/mol. The number of nitrogens with two attached hydrogens (primary N) is 1. The van der Waals surface area contributed by atoms with Crippen molar-refractivity contribution in [3.63, 3.8) is 0 Å². The van der Waals surface area contributed by atoms with E-state index >= 15 is 0 Å². The number of hydrogen-bond donors (Lipinski definition) is 1. The van der Waals surface area contributed by atoms with Crippen molar-refractivity contribution in [2.24, 2.45) is 5.73 Å². The molecule has 56 valence electrons. The SMILES string of the molecule is CCCn1cnnc1CN. The quantitative estimate of drug-likeness (QED) is 0.650. The molecule has 4 heteroatoms. The maximum absolute atomic E-state index is 5.40. The van der Waals surface area contributed by atoms with Gasteiger partial charge < -0.3 is 10.3 Å². The van der Waals surface area contributed by atoms with E-state index in [2.05, 4.69) is 17.1 Å². The fraction of sp³-hybridized carbons (Fsp3) is 0.667. The molecule has 0 aromatic carbocycles. The molecule has 0 saturated carbocycles. The Morgan fingerprint density at radius 2 is 2.50 bits per heavy atom. The van der Waals surface area contributed by atoms with Crippen molar-refractivity contribution >= 4 is 0 Å². The van der Waals surface area contributed by atoms with E-state index in [-0.39, 0.29) is 0 Å². The fourth-order valence-corrected chi connectivity index (χ4v) is 0.865. The van der Waals surface area contributed by atoms with Gasteiger partial charge in [0, 0.05) is 6.54 Å². The molecule has 0 atom stereocenters. The maximum Gasteiger partial charge on any atom is 0.146 e. The second kappa shape index (κ2) is 3.31. The van der Waals surface area contributed by atoms with Crippen molar-refractivity contribution in [2.45, 2.75) is 26.4 Å². The predicted octanol–water partition coefficient (Wildman–Crippen LogP) is 0.147. The first-order valence-corrected chi connectivity index (χ1v) is 3.45. The maximum atomic E-state index is 5.40. The number of rotatable bonds is 3. The molecule has 4 nitrogen and oxygen atoms in total. The average molecular weight is 140 g/mol. The van der Waals surface area contributed by atoms with Crippen molar-refractivity contribution in [3.8, 4) is 0 Å². The van der Waals surface area contributed by atoms with Crippen LogP contribution in [0, 0.1) is 0 Å². The smallest absolute Gasteiger partial charge is 0.146 e. The molecule has 0 aliphatic rings. The van der Waals surface area contributed by atoms with Crippen molar-refractivity contribution in [1.29, 1.82) is 0 Å². The van der Waals surface area contributed by atoms with Crippen LogP contribution < -0.4 is 5.73 Å². The first-order chi connectivity index (χ1) is 4.88. The molecule has 1 rings (SSSR count). The van der Waals surface area contributed by atoms with E-state index in [1.807, 2.05) is 4.57 Å². The summed E-state index contributed by atoms with van der Waals surface area (Å²) in [7, 11) is 0. The Kier molecular flexibility index (Phi) is 2.39. The van der Waals surface area contributed by atoms with Gasteiger partial charge in [0.2, 0.25) is 0 Å². The van der Waals surface area contributed by atoms with Crippen LogP contribution in [0.4, 0.5) is 0 Å². The molecule has 1 aromatic heterocycles. The van der Waals surface area contributed by atoms with Crippen LogP contribution in [0.15, 0.2) is 6.33 Å². The molecular formula is C6H12N4. The topological polar surface area (TPSA) is 56.7 Å². The molecule has 2 N–H and O–H groups in total. The van der Waals surface area contributed by atoms with Gasteiger partial charge >= 0.3 is 0 Å². The molecule has 0 saturated heterocycles. The summed E-state index contributed by atoms with van der Waals surface area (Å²) in [5, 5.41) is 7.59. The summed E-state index contributed by atoms with van der Waals surface area (Å²) < 4.78 is 1.97. The minimum atomic E-state index is 0.472. The fourth-order valence-electron chi connectivity index (χ4n) is 0.865. The van der Waals surface area contributed by atoms with Gasteiger partial charge in [-0.25, -0.2) is 0 Å². The number of hydrogen-bond acceptors (Lipinski definition) is 3. The Morgan fingerprint density at radius 1 is 1.70 bits per heavy atom. The lowest BCUT2D eigenvalue weighted by molar-refractivity contribution is 0.638. The van der Waals surface area contributed by atoms with Gasteiger partial charge in [-0.1, -0.05) is 6.92 Å². The summed E-state index contributed by atoms with van der Waals surface area (Å²) in [6.45, 7) is 3.54. The van der Waals surface area contributed by atoms with Crippen LogP contribution in [-0.2, 0) is 13.1 Å². The molecule has 0 radical (unpaired) electrons. The zero-order valence-electron chi connectivity index (χ0n) is 6.12. The van der Waals surface area contributed by atoms with Gasteiger partial charge in [-0.3, -0.25) is 0 Å². The third-order valence-corrected chi connectivity index (χ3v) is 1.34. The summed E-state index contributed by atoms with van der Waals surface area (Å²) in [5.41, 5.74) is 5.40. The van der Waals surface area contributed by atoms with Gasteiger partial charge in [-0.15, -0.1) is 10.2 Å². The second-order valence-electron chi connectivity index (χ2n) is 2.14. The molecular weight excluding hydrogens is 128 g/mol. The van der Waals surface area contributed by atoms with E-state index in [0.717, 1.165) is 18.8 Å². The zero-order valence-corrected chi connectivity index (χ0v) is 6.12. The number of aromatic nitrogens is 3. The van der Waals surface area contributed by atoms with E-state index < -0.39 is 0 Å². The Balaban J connectivity index is 2.70. The molecule has 10 heavy (non-hydrogen) atoms. The summed E-state index contributed by atoms with van der Waals surface area (Å²) >= 11 is 0. The van der Waals surface area contributed by atoms with Crippen LogP contribution in [0.1, 0.15) is 19.2 Å². The molecule has 0 amide bonds. The Bertz CT molecular complexity index is 193. The second-order valence-corrected chi connectivity index (χ2v) is 2.14. The van der Waals surface area contributed by atoms with E-state index in [4.69, 9.17) is 5.73 Å². The third kappa shape index (κ3) is 1.33. The average Bonchev–Trinajstić information content (AvgIpc) is 2.36. The first-order valence-electron chi connectivity index (χ1n) is 3.45. The highest BCUT2D eigenvalue weighted by molar-refractivity contribution is 4.83. The van der Waals surface area contributed by atoms with Crippen LogP contribution >= 0.6 is 0 Å². The van der Waals surface area contributed by atoms with Crippen LogP contribution in [0.3, 0.4) is 0 Å². The van der Waals surface area contributed by atoms with Crippen LogP contribution in [0.5, 0.6) is 0 Å². The minimum absolute atomic E-state index is 0.472.